The molecular weight excluding hydrogens is 260 g/mol. The first kappa shape index (κ1) is 16.8. The minimum atomic E-state index is -1.33. The van der Waals surface area contributed by atoms with E-state index in [9.17, 15) is 19.2 Å². The molecule has 0 unspecified atom stereocenters. The van der Waals surface area contributed by atoms with Crippen LogP contribution in [0.3, 0.4) is 0 Å². The molecule has 0 aliphatic heterocycles. The van der Waals surface area contributed by atoms with Gasteiger partial charge in [-0.2, -0.15) is 0 Å². The van der Waals surface area contributed by atoms with Gasteiger partial charge in [0.25, 0.3) is 0 Å². The van der Waals surface area contributed by atoms with Crippen molar-refractivity contribution < 1.29 is 33.8 Å². The van der Waals surface area contributed by atoms with Crippen LogP contribution in [0, 0.1) is 0 Å². The second-order valence-electron chi connectivity index (χ2n) is 3.57. The van der Waals surface area contributed by atoms with Gasteiger partial charge in [-0.05, 0) is 0 Å². The molecule has 4 N–H and O–H groups in total. The molecule has 9 nitrogen and oxygen atoms in total. The van der Waals surface area contributed by atoms with Crippen molar-refractivity contribution in [1.82, 2.24) is 5.32 Å². The van der Waals surface area contributed by atoms with Crippen LogP contribution in [0.1, 0.15) is 12.8 Å². The van der Waals surface area contributed by atoms with Crippen LogP contribution in [0.25, 0.3) is 0 Å². The van der Waals surface area contributed by atoms with E-state index in [-0.39, 0.29) is 0 Å². The normalized spacial score (nSPS) is 13.0. The van der Waals surface area contributed by atoms with Crippen molar-refractivity contribution in [3.8, 4) is 0 Å². The molecule has 108 valence electrons. The van der Waals surface area contributed by atoms with Crippen LogP contribution in [0.4, 0.5) is 0 Å². The zero-order valence-electron chi connectivity index (χ0n) is 10.5. The summed E-state index contributed by atoms with van der Waals surface area (Å²) in [7, 11) is 2.20. The van der Waals surface area contributed by atoms with Crippen LogP contribution in [0.5, 0.6) is 0 Å². The highest BCUT2D eigenvalue weighted by molar-refractivity contribution is 5.91. The Labute approximate surface area is 109 Å². The fraction of sp³-hybridized carbons (Fsp3) is 0.600. The highest BCUT2D eigenvalue weighted by atomic mass is 16.5. The number of ether oxygens (including phenoxy) is 2. The number of rotatable bonds is 7. The van der Waals surface area contributed by atoms with Crippen LogP contribution in [0.2, 0.25) is 0 Å². The number of carboxylic acids is 1. The molecule has 0 aromatic carbocycles. The van der Waals surface area contributed by atoms with E-state index in [1.165, 1.54) is 0 Å². The van der Waals surface area contributed by atoms with Gasteiger partial charge in [-0.15, -0.1) is 0 Å². The highest BCUT2D eigenvalue weighted by Gasteiger charge is 2.27. The molecule has 0 fully saturated rings. The summed E-state index contributed by atoms with van der Waals surface area (Å²) in [5.74, 6) is -3.73. The zero-order chi connectivity index (χ0) is 15.0. The Morgan fingerprint density at radius 3 is 2.16 bits per heavy atom. The number of nitrogens with one attached hydrogen (secondary N) is 1. The fourth-order valence-electron chi connectivity index (χ4n) is 1.15. The third kappa shape index (κ3) is 6.36. The lowest BCUT2D eigenvalue weighted by molar-refractivity contribution is -0.151. The molecule has 0 rings (SSSR count). The Bertz CT molecular complexity index is 369. The Morgan fingerprint density at radius 2 is 1.74 bits per heavy atom. The predicted molar refractivity (Wildman–Crippen MR) is 60.8 cm³/mol. The number of aliphatic carboxylic acids is 1. The maximum absolute atomic E-state index is 11.5. The molecule has 0 aliphatic rings. The first-order valence-electron chi connectivity index (χ1n) is 5.24. The van der Waals surface area contributed by atoms with Gasteiger partial charge < -0.3 is 25.6 Å². The molecule has 0 spiro atoms. The van der Waals surface area contributed by atoms with Crippen LogP contribution < -0.4 is 11.1 Å². The molecule has 2 atom stereocenters. The molecule has 0 heterocycles. The summed E-state index contributed by atoms with van der Waals surface area (Å²) in [6, 6.07) is -2.60. The SMILES string of the molecule is COC(=O)C[C@@H](NC(=O)[C@H](N)CC(=O)O)C(=O)OC. The predicted octanol–water partition coefficient (Wildman–Crippen LogP) is -1.99. The van der Waals surface area contributed by atoms with E-state index in [0.29, 0.717) is 0 Å². The summed E-state index contributed by atoms with van der Waals surface area (Å²) in [4.78, 5) is 44.3. The summed E-state index contributed by atoms with van der Waals surface area (Å²) >= 11 is 0. The standard InChI is InChI=1S/C10H16N2O7/c1-18-8(15)4-6(10(17)19-2)12-9(16)5(11)3-7(13)14/h5-6H,3-4,11H2,1-2H3,(H,12,16)(H,13,14)/t5-,6-/m1/s1. The third-order valence-corrected chi connectivity index (χ3v) is 2.13. The fourth-order valence-corrected chi connectivity index (χ4v) is 1.15. The Kier molecular flexibility index (Phi) is 7.12. The van der Waals surface area contributed by atoms with Gasteiger partial charge >= 0.3 is 17.9 Å². The molecule has 0 bridgehead atoms. The van der Waals surface area contributed by atoms with Crippen molar-refractivity contribution in [3.63, 3.8) is 0 Å². The summed E-state index contributed by atoms with van der Waals surface area (Å²) in [6.07, 6.45) is -1.04. The average molecular weight is 276 g/mol. The van der Waals surface area contributed by atoms with E-state index >= 15 is 0 Å². The molecule has 19 heavy (non-hydrogen) atoms. The number of methoxy groups -OCH3 is 2. The second-order valence-corrected chi connectivity index (χ2v) is 3.57. The Morgan fingerprint density at radius 1 is 1.16 bits per heavy atom. The summed E-state index contributed by atoms with van der Waals surface area (Å²) in [5, 5.41) is 10.6. The monoisotopic (exact) mass is 276 g/mol. The van der Waals surface area contributed by atoms with Crippen LogP contribution in [-0.4, -0.2) is 55.2 Å². The van der Waals surface area contributed by atoms with Crippen molar-refractivity contribution in [3.05, 3.63) is 0 Å². The summed E-state index contributed by atoms with van der Waals surface area (Å²) in [5.41, 5.74) is 5.31. The Balaban J connectivity index is 4.63. The lowest BCUT2D eigenvalue weighted by atomic mass is 10.1. The van der Waals surface area contributed by atoms with E-state index in [2.05, 4.69) is 14.8 Å². The molecule has 0 saturated carbocycles. The first-order valence-corrected chi connectivity index (χ1v) is 5.24. The quantitative estimate of drug-likeness (QED) is 0.453. The number of nitrogens with two attached hydrogens (primary N) is 1. The van der Waals surface area contributed by atoms with Crippen molar-refractivity contribution >= 4 is 23.8 Å². The third-order valence-electron chi connectivity index (χ3n) is 2.13. The van der Waals surface area contributed by atoms with Gasteiger partial charge in [0, 0.05) is 0 Å². The second kappa shape index (κ2) is 8.03. The number of hydrogen-bond acceptors (Lipinski definition) is 7. The average Bonchev–Trinajstić information content (AvgIpc) is 2.35. The lowest BCUT2D eigenvalue weighted by Gasteiger charge is -2.17. The minimum Gasteiger partial charge on any atom is -0.481 e. The number of esters is 2. The van der Waals surface area contributed by atoms with Crippen LogP contribution >= 0.6 is 0 Å². The van der Waals surface area contributed by atoms with Crippen molar-refractivity contribution in [1.29, 1.82) is 0 Å². The topological polar surface area (TPSA) is 145 Å². The van der Waals surface area contributed by atoms with Gasteiger partial charge in [0.1, 0.15) is 6.04 Å². The number of carboxylic acid groups (broad SMARTS) is 1. The van der Waals surface area contributed by atoms with Gasteiger partial charge in [0.2, 0.25) is 5.91 Å². The molecular formula is C10H16N2O7. The van der Waals surface area contributed by atoms with Crippen molar-refractivity contribution in [2.75, 3.05) is 14.2 Å². The van der Waals surface area contributed by atoms with Crippen molar-refractivity contribution in [2.45, 2.75) is 24.9 Å². The van der Waals surface area contributed by atoms with Crippen LogP contribution in [-0.2, 0) is 28.7 Å². The molecule has 1 amide bonds. The van der Waals surface area contributed by atoms with Gasteiger partial charge in [-0.3, -0.25) is 14.4 Å². The number of amides is 1. The molecule has 0 aromatic rings. The summed E-state index contributed by atoms with van der Waals surface area (Å²) in [6.45, 7) is 0. The molecule has 0 radical (unpaired) electrons. The van der Waals surface area contributed by atoms with Gasteiger partial charge in [0.05, 0.1) is 33.1 Å². The van der Waals surface area contributed by atoms with E-state index < -0.39 is 48.7 Å². The van der Waals surface area contributed by atoms with Gasteiger partial charge in [-0.25, -0.2) is 4.79 Å². The smallest absolute Gasteiger partial charge is 0.328 e. The largest absolute Gasteiger partial charge is 0.481 e. The van der Waals surface area contributed by atoms with Crippen LogP contribution in [0.15, 0.2) is 0 Å². The first-order chi connectivity index (χ1) is 8.81. The maximum Gasteiger partial charge on any atom is 0.328 e. The molecule has 0 aromatic heterocycles. The summed E-state index contributed by atoms with van der Waals surface area (Å²) < 4.78 is 8.76. The molecule has 0 saturated heterocycles. The number of carbonyl (C=O) groups excluding carboxylic acids is 3. The van der Waals surface area contributed by atoms with Crippen molar-refractivity contribution in [2.24, 2.45) is 5.73 Å². The molecule has 0 aliphatic carbocycles. The maximum atomic E-state index is 11.5. The van der Waals surface area contributed by atoms with E-state index in [4.69, 9.17) is 10.8 Å². The zero-order valence-corrected chi connectivity index (χ0v) is 10.5. The van der Waals surface area contributed by atoms with E-state index in [1.54, 1.807) is 0 Å². The Hall–Kier alpha value is -2.16. The highest BCUT2D eigenvalue weighted by Crippen LogP contribution is 1.99. The van der Waals surface area contributed by atoms with Gasteiger partial charge in [-0.1, -0.05) is 0 Å². The molecule has 9 heteroatoms. The van der Waals surface area contributed by atoms with E-state index in [0.717, 1.165) is 14.2 Å². The number of hydrogen-bond donors (Lipinski definition) is 3. The van der Waals surface area contributed by atoms with E-state index in [1.807, 2.05) is 0 Å². The number of carbonyl (C=O) groups is 4. The lowest BCUT2D eigenvalue weighted by Crippen LogP contribution is -2.50. The van der Waals surface area contributed by atoms with Gasteiger partial charge in [0.15, 0.2) is 0 Å². The minimum absolute atomic E-state index is 0.436.